The van der Waals surface area contributed by atoms with Crippen molar-refractivity contribution in [3.63, 3.8) is 0 Å². The number of para-hydroxylation sites is 1. The van der Waals surface area contributed by atoms with Crippen molar-refractivity contribution in [3.05, 3.63) is 65.2 Å². The lowest BCUT2D eigenvalue weighted by Gasteiger charge is -2.21. The molecular formula is C22H24N2O. The van der Waals surface area contributed by atoms with Crippen LogP contribution < -0.4 is 5.32 Å². The monoisotopic (exact) mass is 332 g/mol. The molecule has 25 heavy (non-hydrogen) atoms. The van der Waals surface area contributed by atoms with Crippen molar-refractivity contribution in [3.8, 4) is 11.3 Å². The molecule has 0 aliphatic rings. The molecule has 0 bridgehead atoms. The molecule has 0 radical (unpaired) electrons. The summed E-state index contributed by atoms with van der Waals surface area (Å²) in [4.78, 5) is 17.7. The van der Waals surface area contributed by atoms with Gasteiger partial charge in [-0.1, -0.05) is 42.0 Å². The van der Waals surface area contributed by atoms with Crippen LogP contribution in [0.25, 0.3) is 22.2 Å². The van der Waals surface area contributed by atoms with E-state index < -0.39 is 0 Å². The fraction of sp³-hybridized carbons (Fsp3) is 0.273. The molecule has 1 aromatic heterocycles. The number of carbonyl (C=O) groups is 1. The van der Waals surface area contributed by atoms with Crippen molar-refractivity contribution >= 4 is 16.8 Å². The molecule has 3 rings (SSSR count). The van der Waals surface area contributed by atoms with E-state index in [0.29, 0.717) is 5.56 Å². The number of rotatable bonds is 2. The van der Waals surface area contributed by atoms with Gasteiger partial charge in [0.2, 0.25) is 0 Å². The Labute approximate surface area is 149 Å². The second-order valence-electron chi connectivity index (χ2n) is 7.59. The van der Waals surface area contributed by atoms with Crippen molar-refractivity contribution < 1.29 is 4.79 Å². The smallest absolute Gasteiger partial charge is 0.252 e. The quantitative estimate of drug-likeness (QED) is 0.714. The molecule has 0 saturated heterocycles. The molecule has 0 saturated carbocycles. The van der Waals surface area contributed by atoms with Crippen LogP contribution in [-0.2, 0) is 0 Å². The Morgan fingerprint density at radius 2 is 1.72 bits per heavy atom. The summed E-state index contributed by atoms with van der Waals surface area (Å²) in [6, 6.07) is 16.0. The van der Waals surface area contributed by atoms with Crippen molar-refractivity contribution in [1.82, 2.24) is 10.3 Å². The fourth-order valence-electron chi connectivity index (χ4n) is 3.01. The van der Waals surface area contributed by atoms with E-state index in [0.717, 1.165) is 27.7 Å². The fourth-order valence-corrected chi connectivity index (χ4v) is 3.01. The number of carbonyl (C=O) groups excluding carboxylic acids is 1. The summed E-state index contributed by atoms with van der Waals surface area (Å²) < 4.78 is 0. The summed E-state index contributed by atoms with van der Waals surface area (Å²) in [5.74, 6) is -0.0721. The standard InChI is InChI=1S/C22H24N2O/c1-14-10-11-16(15(2)12-14)20-13-18(21(25)24-22(3,4)5)17-8-6-7-9-19(17)23-20/h6-13H,1-5H3,(H,24,25). The zero-order valence-electron chi connectivity index (χ0n) is 15.5. The average molecular weight is 332 g/mol. The highest BCUT2D eigenvalue weighted by molar-refractivity contribution is 6.07. The number of fused-ring (bicyclic) bond motifs is 1. The van der Waals surface area contributed by atoms with E-state index in [9.17, 15) is 4.79 Å². The molecule has 0 spiro atoms. The first kappa shape index (κ1) is 17.2. The van der Waals surface area contributed by atoms with Crippen LogP contribution in [0.1, 0.15) is 42.3 Å². The van der Waals surface area contributed by atoms with Crippen molar-refractivity contribution in [1.29, 1.82) is 0 Å². The Morgan fingerprint density at radius 1 is 1.00 bits per heavy atom. The predicted octanol–water partition coefficient (Wildman–Crippen LogP) is 5.05. The molecule has 0 aliphatic heterocycles. The Kier molecular flexibility index (Phi) is 4.34. The van der Waals surface area contributed by atoms with Crippen LogP contribution >= 0.6 is 0 Å². The number of pyridine rings is 1. The van der Waals surface area contributed by atoms with E-state index in [2.05, 4.69) is 37.4 Å². The van der Waals surface area contributed by atoms with Gasteiger partial charge >= 0.3 is 0 Å². The highest BCUT2D eigenvalue weighted by atomic mass is 16.1. The minimum atomic E-state index is -0.290. The summed E-state index contributed by atoms with van der Waals surface area (Å²) in [6.07, 6.45) is 0. The van der Waals surface area contributed by atoms with Crippen LogP contribution in [0.5, 0.6) is 0 Å². The number of nitrogens with zero attached hydrogens (tertiary/aromatic N) is 1. The van der Waals surface area contributed by atoms with E-state index in [-0.39, 0.29) is 11.4 Å². The zero-order chi connectivity index (χ0) is 18.2. The lowest BCUT2D eigenvalue weighted by Crippen LogP contribution is -2.40. The molecule has 1 heterocycles. The van der Waals surface area contributed by atoms with Gasteiger partial charge in [-0.25, -0.2) is 4.98 Å². The molecule has 0 aliphatic carbocycles. The summed E-state index contributed by atoms with van der Waals surface area (Å²) in [5, 5.41) is 3.94. The topological polar surface area (TPSA) is 42.0 Å². The van der Waals surface area contributed by atoms with Crippen LogP contribution in [0.15, 0.2) is 48.5 Å². The molecule has 3 heteroatoms. The maximum absolute atomic E-state index is 12.9. The lowest BCUT2D eigenvalue weighted by atomic mass is 9.98. The normalized spacial score (nSPS) is 11.6. The van der Waals surface area contributed by atoms with Gasteiger partial charge in [0.1, 0.15) is 0 Å². The van der Waals surface area contributed by atoms with Gasteiger partial charge in [0, 0.05) is 16.5 Å². The first-order valence-corrected chi connectivity index (χ1v) is 8.54. The Hall–Kier alpha value is -2.68. The molecule has 3 nitrogen and oxygen atoms in total. The highest BCUT2D eigenvalue weighted by Gasteiger charge is 2.19. The van der Waals surface area contributed by atoms with E-state index in [1.54, 1.807) is 0 Å². The molecule has 128 valence electrons. The van der Waals surface area contributed by atoms with Gasteiger partial charge in [-0.05, 0) is 52.3 Å². The van der Waals surface area contributed by atoms with Crippen LogP contribution in [0.4, 0.5) is 0 Å². The maximum Gasteiger partial charge on any atom is 0.252 e. The van der Waals surface area contributed by atoms with E-state index in [1.807, 2.05) is 51.1 Å². The number of hydrogen-bond acceptors (Lipinski definition) is 2. The molecule has 1 N–H and O–H groups in total. The molecule has 0 fully saturated rings. The van der Waals surface area contributed by atoms with Gasteiger partial charge in [0.15, 0.2) is 0 Å². The van der Waals surface area contributed by atoms with Crippen LogP contribution in [-0.4, -0.2) is 16.4 Å². The summed E-state index contributed by atoms with van der Waals surface area (Å²) in [5.41, 5.74) is 5.46. The molecule has 3 aromatic rings. The van der Waals surface area contributed by atoms with Gasteiger partial charge < -0.3 is 5.32 Å². The highest BCUT2D eigenvalue weighted by Crippen LogP contribution is 2.28. The van der Waals surface area contributed by atoms with Crippen molar-refractivity contribution in [2.45, 2.75) is 40.2 Å². The average Bonchev–Trinajstić information content (AvgIpc) is 2.52. The third kappa shape index (κ3) is 3.71. The number of aryl methyl sites for hydroxylation is 2. The minimum Gasteiger partial charge on any atom is -0.347 e. The third-order valence-electron chi connectivity index (χ3n) is 4.11. The molecule has 0 atom stereocenters. The third-order valence-corrected chi connectivity index (χ3v) is 4.11. The Bertz CT molecular complexity index is 952. The Balaban J connectivity index is 2.20. The van der Waals surface area contributed by atoms with Crippen molar-refractivity contribution in [2.75, 3.05) is 0 Å². The van der Waals surface area contributed by atoms with Gasteiger partial charge in [-0.15, -0.1) is 0 Å². The summed E-state index contributed by atoms with van der Waals surface area (Å²) >= 11 is 0. The van der Waals surface area contributed by atoms with Crippen LogP contribution in [0, 0.1) is 13.8 Å². The minimum absolute atomic E-state index is 0.0721. The van der Waals surface area contributed by atoms with E-state index >= 15 is 0 Å². The van der Waals surface area contributed by atoms with Crippen LogP contribution in [0.3, 0.4) is 0 Å². The maximum atomic E-state index is 12.9. The molecular weight excluding hydrogens is 308 g/mol. The van der Waals surface area contributed by atoms with Gasteiger partial charge in [-0.3, -0.25) is 4.79 Å². The molecule has 1 amide bonds. The molecule has 0 unspecified atom stereocenters. The first-order valence-electron chi connectivity index (χ1n) is 8.54. The number of aromatic nitrogens is 1. The van der Waals surface area contributed by atoms with E-state index in [1.165, 1.54) is 5.56 Å². The van der Waals surface area contributed by atoms with Gasteiger partial charge in [0.25, 0.3) is 5.91 Å². The Morgan fingerprint density at radius 3 is 2.40 bits per heavy atom. The zero-order valence-corrected chi connectivity index (χ0v) is 15.5. The second kappa shape index (κ2) is 6.32. The van der Waals surface area contributed by atoms with Gasteiger partial charge in [-0.2, -0.15) is 0 Å². The van der Waals surface area contributed by atoms with Crippen LogP contribution in [0.2, 0.25) is 0 Å². The summed E-state index contributed by atoms with van der Waals surface area (Å²) in [6.45, 7) is 10.1. The lowest BCUT2D eigenvalue weighted by molar-refractivity contribution is 0.0921. The number of amides is 1. The molecule has 2 aromatic carbocycles. The van der Waals surface area contributed by atoms with Gasteiger partial charge in [0.05, 0.1) is 16.8 Å². The number of benzene rings is 2. The van der Waals surface area contributed by atoms with Crippen molar-refractivity contribution in [2.24, 2.45) is 0 Å². The number of nitrogens with one attached hydrogen (secondary N) is 1. The summed E-state index contributed by atoms with van der Waals surface area (Å²) in [7, 11) is 0. The predicted molar refractivity (Wildman–Crippen MR) is 104 cm³/mol. The SMILES string of the molecule is Cc1ccc(-c2cc(C(=O)NC(C)(C)C)c3ccccc3n2)c(C)c1. The number of hydrogen-bond donors (Lipinski definition) is 1. The second-order valence-corrected chi connectivity index (χ2v) is 7.59. The largest absolute Gasteiger partial charge is 0.347 e. The first-order chi connectivity index (χ1) is 11.7. The van der Waals surface area contributed by atoms with E-state index in [4.69, 9.17) is 4.98 Å².